The first-order valence-corrected chi connectivity index (χ1v) is 13.7. The number of unbranched alkanes of at least 4 members (excludes halogenated alkanes) is 8. The molecule has 0 aliphatic carbocycles. The molecule has 0 radical (unpaired) electrons. The summed E-state index contributed by atoms with van der Waals surface area (Å²) in [6.45, 7) is 15.6. The van der Waals surface area contributed by atoms with Gasteiger partial charge in [0.2, 0.25) is 0 Å². The van der Waals surface area contributed by atoms with Crippen molar-refractivity contribution in [3.8, 4) is 0 Å². The van der Waals surface area contributed by atoms with Gasteiger partial charge in [0.15, 0.2) is 0 Å². The van der Waals surface area contributed by atoms with Gasteiger partial charge in [-0.15, -0.1) is 0 Å². The second-order valence-corrected chi connectivity index (χ2v) is 9.63. The van der Waals surface area contributed by atoms with E-state index in [4.69, 9.17) is 11.5 Å². The Labute approximate surface area is 200 Å². The molecule has 1 rings (SSSR count). The Bertz CT molecular complexity index is 520. The van der Waals surface area contributed by atoms with Crippen LogP contribution in [-0.2, 0) is 13.1 Å². The van der Waals surface area contributed by atoms with Gasteiger partial charge in [-0.3, -0.25) is 9.80 Å². The summed E-state index contributed by atoms with van der Waals surface area (Å²) >= 11 is 0. The molecule has 4 heteroatoms. The highest BCUT2D eigenvalue weighted by Gasteiger charge is 2.14. The second kappa shape index (κ2) is 18.2. The molecule has 1 aromatic carbocycles. The third-order valence-electron chi connectivity index (χ3n) is 6.50. The molecule has 0 heterocycles. The van der Waals surface area contributed by atoms with E-state index in [2.05, 4.69) is 43.6 Å². The van der Waals surface area contributed by atoms with Crippen molar-refractivity contribution in [1.82, 2.24) is 9.80 Å². The van der Waals surface area contributed by atoms with Crippen molar-refractivity contribution >= 4 is 11.4 Å². The van der Waals surface area contributed by atoms with E-state index in [-0.39, 0.29) is 0 Å². The zero-order chi connectivity index (χ0) is 23.6. The average molecular weight is 447 g/mol. The first-order chi connectivity index (χ1) is 15.5. The number of rotatable bonds is 20. The van der Waals surface area contributed by atoms with Gasteiger partial charge in [-0.1, -0.05) is 79.1 Å². The Morgan fingerprint density at radius 2 is 0.812 bits per heavy atom. The van der Waals surface area contributed by atoms with E-state index < -0.39 is 0 Å². The van der Waals surface area contributed by atoms with Gasteiger partial charge in [-0.05, 0) is 75.1 Å². The molecule has 0 aliphatic heterocycles. The molecule has 0 bridgehead atoms. The van der Waals surface area contributed by atoms with Crippen LogP contribution in [0, 0.1) is 0 Å². The van der Waals surface area contributed by atoms with Crippen LogP contribution < -0.4 is 11.5 Å². The normalized spacial score (nSPS) is 11.7. The predicted octanol–water partition coefficient (Wildman–Crippen LogP) is 7.22. The first-order valence-electron chi connectivity index (χ1n) is 13.7. The monoisotopic (exact) mass is 446 g/mol. The Hall–Kier alpha value is -1.26. The number of nitrogen functional groups attached to an aromatic ring is 2. The summed E-state index contributed by atoms with van der Waals surface area (Å²) in [6.07, 6.45) is 15.4. The lowest BCUT2D eigenvalue weighted by molar-refractivity contribution is 0.250. The van der Waals surface area contributed by atoms with Crippen molar-refractivity contribution in [3.05, 3.63) is 23.3 Å². The zero-order valence-corrected chi connectivity index (χ0v) is 21.9. The zero-order valence-electron chi connectivity index (χ0n) is 21.9. The summed E-state index contributed by atoms with van der Waals surface area (Å²) in [4.78, 5) is 5.22. The maximum Gasteiger partial charge on any atom is 0.0380 e. The number of benzene rings is 1. The van der Waals surface area contributed by atoms with Crippen molar-refractivity contribution in [2.24, 2.45) is 0 Å². The van der Waals surface area contributed by atoms with E-state index in [9.17, 15) is 0 Å². The third kappa shape index (κ3) is 12.1. The minimum Gasteiger partial charge on any atom is -0.398 e. The SMILES string of the molecule is CCCCCN(CCCCC)Cc1cc(CN(CCCCC)CCCCC)c(N)cc1N. The van der Waals surface area contributed by atoms with E-state index in [0.29, 0.717) is 0 Å². The standard InChI is InChI=1S/C28H54N4/c1-5-9-13-17-31(18-14-10-6-2)23-25-21-26(28(30)22-27(25)29)24-32(19-15-11-7-3)20-16-12-8-4/h21-22H,5-20,23-24,29-30H2,1-4H3. The molecule has 0 amide bonds. The molecule has 4 N–H and O–H groups in total. The van der Waals surface area contributed by atoms with Crippen LogP contribution in [0.1, 0.15) is 116 Å². The first kappa shape index (κ1) is 28.8. The predicted molar refractivity (Wildman–Crippen MR) is 144 cm³/mol. The van der Waals surface area contributed by atoms with Crippen LogP contribution in [0.15, 0.2) is 12.1 Å². The molecule has 0 fully saturated rings. The molecule has 4 nitrogen and oxygen atoms in total. The summed E-state index contributed by atoms with van der Waals surface area (Å²) < 4.78 is 0. The molecule has 0 unspecified atom stereocenters. The smallest absolute Gasteiger partial charge is 0.0380 e. The molecule has 0 atom stereocenters. The third-order valence-corrected chi connectivity index (χ3v) is 6.50. The molecule has 0 spiro atoms. The van der Waals surface area contributed by atoms with Gasteiger partial charge in [-0.25, -0.2) is 0 Å². The van der Waals surface area contributed by atoms with E-state index >= 15 is 0 Å². The maximum absolute atomic E-state index is 6.46. The molecular formula is C28H54N4. The van der Waals surface area contributed by atoms with Gasteiger partial charge in [0.25, 0.3) is 0 Å². The lowest BCUT2D eigenvalue weighted by Crippen LogP contribution is -2.28. The highest BCUT2D eigenvalue weighted by molar-refractivity contribution is 5.61. The summed E-state index contributed by atoms with van der Waals surface area (Å²) in [5.74, 6) is 0. The topological polar surface area (TPSA) is 58.5 Å². The minimum atomic E-state index is 0.853. The quantitative estimate of drug-likeness (QED) is 0.164. The largest absolute Gasteiger partial charge is 0.398 e. The van der Waals surface area contributed by atoms with Crippen molar-refractivity contribution in [2.45, 2.75) is 118 Å². The number of nitrogens with two attached hydrogens (primary N) is 2. The van der Waals surface area contributed by atoms with Gasteiger partial charge >= 0.3 is 0 Å². The van der Waals surface area contributed by atoms with Crippen LogP contribution in [0.25, 0.3) is 0 Å². The molecule has 0 aromatic heterocycles. The number of anilines is 2. The van der Waals surface area contributed by atoms with Crippen LogP contribution in [0.3, 0.4) is 0 Å². The maximum atomic E-state index is 6.46. The lowest BCUT2D eigenvalue weighted by atomic mass is 10.0. The Morgan fingerprint density at radius 1 is 0.500 bits per heavy atom. The Kier molecular flexibility index (Phi) is 16.4. The molecule has 32 heavy (non-hydrogen) atoms. The molecule has 0 aliphatic rings. The van der Waals surface area contributed by atoms with Crippen LogP contribution in [-0.4, -0.2) is 36.0 Å². The van der Waals surface area contributed by atoms with Gasteiger partial charge in [0.05, 0.1) is 0 Å². The number of hydrogen-bond acceptors (Lipinski definition) is 4. The fourth-order valence-electron chi connectivity index (χ4n) is 4.37. The van der Waals surface area contributed by atoms with Crippen molar-refractivity contribution < 1.29 is 0 Å². The molecule has 0 saturated carbocycles. The van der Waals surface area contributed by atoms with Crippen LogP contribution in [0.5, 0.6) is 0 Å². The van der Waals surface area contributed by atoms with Gasteiger partial charge in [-0.2, -0.15) is 0 Å². The van der Waals surface area contributed by atoms with Crippen molar-refractivity contribution in [1.29, 1.82) is 0 Å². The summed E-state index contributed by atoms with van der Waals surface area (Å²) in [5, 5.41) is 0. The molecule has 0 saturated heterocycles. The fraction of sp³-hybridized carbons (Fsp3) is 0.786. The summed E-state index contributed by atoms with van der Waals surface area (Å²) in [7, 11) is 0. The summed E-state index contributed by atoms with van der Waals surface area (Å²) in [6, 6.07) is 4.32. The van der Waals surface area contributed by atoms with Crippen LogP contribution in [0.4, 0.5) is 11.4 Å². The Balaban J connectivity index is 2.90. The van der Waals surface area contributed by atoms with Crippen LogP contribution >= 0.6 is 0 Å². The number of nitrogens with zero attached hydrogens (tertiary/aromatic N) is 2. The average Bonchev–Trinajstić information content (AvgIpc) is 2.77. The van der Waals surface area contributed by atoms with Crippen molar-refractivity contribution in [3.63, 3.8) is 0 Å². The van der Waals surface area contributed by atoms with E-state index in [1.807, 2.05) is 6.07 Å². The van der Waals surface area contributed by atoms with Gasteiger partial charge in [0.1, 0.15) is 0 Å². The second-order valence-electron chi connectivity index (χ2n) is 9.63. The van der Waals surface area contributed by atoms with Gasteiger partial charge in [0, 0.05) is 24.5 Å². The fourth-order valence-corrected chi connectivity index (χ4v) is 4.37. The highest BCUT2D eigenvalue weighted by atomic mass is 15.1. The lowest BCUT2D eigenvalue weighted by Gasteiger charge is -2.26. The minimum absolute atomic E-state index is 0.853. The van der Waals surface area contributed by atoms with E-state index in [1.165, 1.54) is 88.2 Å². The van der Waals surface area contributed by atoms with Crippen molar-refractivity contribution in [2.75, 3.05) is 37.6 Å². The summed E-state index contributed by atoms with van der Waals surface area (Å²) in [5.41, 5.74) is 17.1. The molecular weight excluding hydrogens is 392 g/mol. The number of hydrogen-bond donors (Lipinski definition) is 2. The molecule has 186 valence electrons. The van der Waals surface area contributed by atoms with Gasteiger partial charge < -0.3 is 11.5 Å². The Morgan fingerprint density at radius 3 is 1.09 bits per heavy atom. The highest BCUT2D eigenvalue weighted by Crippen LogP contribution is 2.25. The van der Waals surface area contributed by atoms with E-state index in [0.717, 1.165) is 50.6 Å². The van der Waals surface area contributed by atoms with E-state index in [1.54, 1.807) is 0 Å². The van der Waals surface area contributed by atoms with Crippen LogP contribution in [0.2, 0.25) is 0 Å². The molecule has 1 aromatic rings.